The van der Waals surface area contributed by atoms with E-state index in [1.54, 1.807) is 0 Å². The zero-order valence-corrected chi connectivity index (χ0v) is 9.95. The van der Waals surface area contributed by atoms with Crippen LogP contribution in [0.25, 0.3) is 0 Å². The number of nitrogens with one attached hydrogen (secondary N) is 1. The molecule has 0 aromatic carbocycles. The molecule has 0 radical (unpaired) electrons. The Balaban J connectivity index is 1.88. The summed E-state index contributed by atoms with van der Waals surface area (Å²) in [7, 11) is 2.12. The third-order valence-corrected chi connectivity index (χ3v) is 3.84. The molecule has 0 spiro atoms. The van der Waals surface area contributed by atoms with Crippen molar-refractivity contribution < 1.29 is 0 Å². The standard InChI is InChI=1S/C12H20N4/c1-15-9-14-10-7-13-8-11(12(10)15)16-5-3-2-4-6-16/h9,11,13H,2-8H2,1H3. The van der Waals surface area contributed by atoms with Crippen molar-refractivity contribution in [3.05, 3.63) is 17.7 Å². The second-order valence-electron chi connectivity index (χ2n) is 4.93. The van der Waals surface area contributed by atoms with E-state index in [9.17, 15) is 0 Å². The zero-order valence-electron chi connectivity index (χ0n) is 9.95. The van der Waals surface area contributed by atoms with Crippen molar-refractivity contribution in [1.29, 1.82) is 0 Å². The van der Waals surface area contributed by atoms with Gasteiger partial charge < -0.3 is 9.88 Å². The summed E-state index contributed by atoms with van der Waals surface area (Å²) in [5.74, 6) is 0. The van der Waals surface area contributed by atoms with E-state index in [-0.39, 0.29) is 0 Å². The molecular formula is C12H20N4. The molecule has 3 rings (SSSR count). The first-order chi connectivity index (χ1) is 7.86. The van der Waals surface area contributed by atoms with Gasteiger partial charge in [0.1, 0.15) is 0 Å². The van der Waals surface area contributed by atoms with Crippen LogP contribution in [0.2, 0.25) is 0 Å². The Kier molecular flexibility index (Phi) is 2.69. The van der Waals surface area contributed by atoms with Crippen LogP contribution in [0.4, 0.5) is 0 Å². The van der Waals surface area contributed by atoms with E-state index < -0.39 is 0 Å². The molecule has 1 unspecified atom stereocenters. The quantitative estimate of drug-likeness (QED) is 0.768. The van der Waals surface area contributed by atoms with Crippen LogP contribution in [0.15, 0.2) is 6.33 Å². The molecule has 4 nitrogen and oxygen atoms in total. The van der Waals surface area contributed by atoms with Gasteiger partial charge in [-0.25, -0.2) is 4.98 Å². The van der Waals surface area contributed by atoms with Crippen LogP contribution < -0.4 is 5.32 Å². The van der Waals surface area contributed by atoms with Crippen molar-refractivity contribution >= 4 is 0 Å². The van der Waals surface area contributed by atoms with Crippen LogP contribution in [0.3, 0.4) is 0 Å². The number of nitrogens with zero attached hydrogens (tertiary/aromatic N) is 3. The summed E-state index contributed by atoms with van der Waals surface area (Å²) >= 11 is 0. The van der Waals surface area contributed by atoms with Gasteiger partial charge in [0.15, 0.2) is 0 Å². The molecule has 0 aliphatic carbocycles. The normalized spacial score (nSPS) is 26.7. The number of hydrogen-bond acceptors (Lipinski definition) is 3. The van der Waals surface area contributed by atoms with Crippen LogP contribution in [0.1, 0.15) is 36.7 Å². The molecule has 0 saturated carbocycles. The molecule has 4 heteroatoms. The van der Waals surface area contributed by atoms with E-state index in [0.29, 0.717) is 6.04 Å². The molecule has 1 saturated heterocycles. The average molecular weight is 220 g/mol. The van der Waals surface area contributed by atoms with Crippen molar-refractivity contribution in [3.8, 4) is 0 Å². The molecule has 1 atom stereocenters. The van der Waals surface area contributed by atoms with Crippen LogP contribution >= 0.6 is 0 Å². The highest BCUT2D eigenvalue weighted by Gasteiger charge is 2.29. The van der Waals surface area contributed by atoms with Crippen LogP contribution in [0, 0.1) is 0 Å². The third-order valence-electron chi connectivity index (χ3n) is 3.84. The molecule has 1 aromatic heterocycles. The minimum Gasteiger partial charge on any atom is -0.336 e. The summed E-state index contributed by atoms with van der Waals surface area (Å²) in [5.41, 5.74) is 2.67. The molecule has 2 aliphatic heterocycles. The molecule has 1 fully saturated rings. The lowest BCUT2D eigenvalue weighted by molar-refractivity contribution is 0.148. The van der Waals surface area contributed by atoms with E-state index in [4.69, 9.17) is 0 Å². The van der Waals surface area contributed by atoms with Crippen molar-refractivity contribution in [3.63, 3.8) is 0 Å². The van der Waals surface area contributed by atoms with E-state index in [0.717, 1.165) is 13.1 Å². The first-order valence-electron chi connectivity index (χ1n) is 6.31. The second-order valence-corrected chi connectivity index (χ2v) is 4.93. The summed E-state index contributed by atoms with van der Waals surface area (Å²) in [6, 6.07) is 0.538. The van der Waals surface area contributed by atoms with Gasteiger partial charge in [0.25, 0.3) is 0 Å². The fraction of sp³-hybridized carbons (Fsp3) is 0.750. The maximum absolute atomic E-state index is 4.48. The molecule has 2 aliphatic rings. The predicted molar refractivity (Wildman–Crippen MR) is 63.1 cm³/mol. The maximum atomic E-state index is 4.48. The Hall–Kier alpha value is -0.870. The van der Waals surface area contributed by atoms with Gasteiger partial charge in [0, 0.05) is 20.1 Å². The number of aryl methyl sites for hydroxylation is 1. The van der Waals surface area contributed by atoms with E-state index in [2.05, 4.69) is 26.8 Å². The van der Waals surface area contributed by atoms with Gasteiger partial charge in [-0.3, -0.25) is 4.90 Å². The van der Waals surface area contributed by atoms with Crippen molar-refractivity contribution in [2.24, 2.45) is 7.05 Å². The Labute approximate surface area is 96.7 Å². The SMILES string of the molecule is Cn1cnc2c1C(N1CCCCC1)CNC2. The number of likely N-dealkylation sites (tertiary alicyclic amines) is 1. The Morgan fingerprint density at radius 3 is 2.94 bits per heavy atom. The smallest absolute Gasteiger partial charge is 0.0950 e. The fourth-order valence-corrected chi connectivity index (χ4v) is 3.01. The Morgan fingerprint density at radius 1 is 1.31 bits per heavy atom. The highest BCUT2D eigenvalue weighted by Crippen LogP contribution is 2.28. The van der Waals surface area contributed by atoms with Gasteiger partial charge in [-0.1, -0.05) is 6.42 Å². The first kappa shape index (κ1) is 10.3. The van der Waals surface area contributed by atoms with Crippen molar-refractivity contribution in [1.82, 2.24) is 19.8 Å². The van der Waals surface area contributed by atoms with Gasteiger partial charge in [0.05, 0.1) is 23.8 Å². The molecule has 1 N–H and O–H groups in total. The van der Waals surface area contributed by atoms with Gasteiger partial charge in [-0.15, -0.1) is 0 Å². The lowest BCUT2D eigenvalue weighted by Crippen LogP contribution is -2.42. The van der Waals surface area contributed by atoms with Crippen molar-refractivity contribution in [2.75, 3.05) is 19.6 Å². The van der Waals surface area contributed by atoms with E-state index in [1.807, 2.05) is 6.33 Å². The minimum absolute atomic E-state index is 0.538. The Bertz CT molecular complexity index is 365. The molecule has 88 valence electrons. The third kappa shape index (κ3) is 1.66. The first-order valence-corrected chi connectivity index (χ1v) is 6.31. The molecule has 0 bridgehead atoms. The minimum atomic E-state index is 0.538. The largest absolute Gasteiger partial charge is 0.336 e. The summed E-state index contributed by atoms with van der Waals surface area (Å²) < 4.78 is 2.20. The maximum Gasteiger partial charge on any atom is 0.0950 e. The van der Waals surface area contributed by atoms with Gasteiger partial charge in [-0.2, -0.15) is 0 Å². The zero-order chi connectivity index (χ0) is 11.0. The predicted octanol–water partition coefficient (Wildman–Crippen LogP) is 1.05. The number of fused-ring (bicyclic) bond motifs is 1. The molecular weight excluding hydrogens is 200 g/mol. The fourth-order valence-electron chi connectivity index (χ4n) is 3.01. The van der Waals surface area contributed by atoms with Crippen LogP contribution in [-0.2, 0) is 13.6 Å². The highest BCUT2D eigenvalue weighted by atomic mass is 15.2. The number of imidazole rings is 1. The topological polar surface area (TPSA) is 33.1 Å². The number of hydrogen-bond donors (Lipinski definition) is 1. The number of rotatable bonds is 1. The van der Waals surface area contributed by atoms with Gasteiger partial charge >= 0.3 is 0 Å². The average Bonchev–Trinajstić information content (AvgIpc) is 2.73. The van der Waals surface area contributed by atoms with Crippen molar-refractivity contribution in [2.45, 2.75) is 31.8 Å². The summed E-state index contributed by atoms with van der Waals surface area (Å²) in [5, 5.41) is 3.48. The van der Waals surface area contributed by atoms with Crippen LogP contribution in [0.5, 0.6) is 0 Å². The van der Waals surface area contributed by atoms with E-state index >= 15 is 0 Å². The Morgan fingerprint density at radius 2 is 2.12 bits per heavy atom. The summed E-state index contributed by atoms with van der Waals surface area (Å²) in [4.78, 5) is 7.10. The van der Waals surface area contributed by atoms with Gasteiger partial charge in [0.2, 0.25) is 0 Å². The van der Waals surface area contributed by atoms with Gasteiger partial charge in [-0.05, 0) is 25.9 Å². The second kappa shape index (κ2) is 4.18. The van der Waals surface area contributed by atoms with Crippen LogP contribution in [-0.4, -0.2) is 34.1 Å². The summed E-state index contributed by atoms with van der Waals surface area (Å²) in [6.45, 7) is 4.50. The molecule has 16 heavy (non-hydrogen) atoms. The molecule has 1 aromatic rings. The lowest BCUT2D eigenvalue weighted by Gasteiger charge is -2.37. The number of aromatic nitrogens is 2. The highest BCUT2D eigenvalue weighted by molar-refractivity contribution is 5.21. The summed E-state index contributed by atoms with van der Waals surface area (Å²) in [6.07, 6.45) is 6.05. The lowest BCUT2D eigenvalue weighted by atomic mass is 10.0. The molecule has 0 amide bonds. The van der Waals surface area contributed by atoms with E-state index in [1.165, 1.54) is 43.7 Å². The monoisotopic (exact) mass is 220 g/mol. The molecule has 3 heterocycles. The number of piperidine rings is 1.